The minimum atomic E-state index is 1.05. The van der Waals surface area contributed by atoms with Crippen molar-refractivity contribution in [3.05, 3.63) is 150 Å². The first kappa shape index (κ1) is 24.1. The van der Waals surface area contributed by atoms with E-state index in [2.05, 4.69) is 141 Å². The van der Waals surface area contributed by atoms with Crippen molar-refractivity contribution in [2.75, 3.05) is 0 Å². The Kier molecular flexibility index (Phi) is 8.45. The maximum atomic E-state index is 3.12. The molecule has 0 aliphatic heterocycles. The molecule has 0 saturated heterocycles. The van der Waals surface area contributed by atoms with E-state index in [0.29, 0.717) is 0 Å². The van der Waals surface area contributed by atoms with Gasteiger partial charge in [-0.05, 0) is 0 Å². The molecule has 0 radical (unpaired) electrons. The van der Waals surface area contributed by atoms with Crippen molar-refractivity contribution < 1.29 is 24.2 Å². The quantitative estimate of drug-likeness (QED) is 0.206. The van der Waals surface area contributed by atoms with Crippen molar-refractivity contribution >= 4 is 24.8 Å². The van der Waals surface area contributed by atoms with Crippen LogP contribution in [-0.4, -0.2) is 3.21 Å². The van der Waals surface area contributed by atoms with Crippen LogP contribution in [0.25, 0.3) is 21.5 Å². The molecule has 1 aliphatic carbocycles. The second kappa shape index (κ2) is 11.9. The Balaban J connectivity index is 0.000000128. The summed E-state index contributed by atoms with van der Waals surface area (Å²) >= 11 is 1.46. The summed E-state index contributed by atoms with van der Waals surface area (Å²) in [5, 5.41) is 5.39. The zero-order chi connectivity index (χ0) is 23.8. The summed E-state index contributed by atoms with van der Waals surface area (Å²) in [7, 11) is 0. The summed E-state index contributed by atoms with van der Waals surface area (Å²) in [6, 6.07) is 40.4. The monoisotopic (exact) mass is 514 g/mol. The summed E-state index contributed by atoms with van der Waals surface area (Å²) in [5.74, 6) is 0. The smallest absolute Gasteiger partial charge is 0.0771 e. The number of rotatable bonds is 2. The van der Waals surface area contributed by atoms with Gasteiger partial charge in [-0.2, -0.15) is 5.57 Å². The molecule has 0 unspecified atom stereocenters. The van der Waals surface area contributed by atoms with E-state index in [4.69, 9.17) is 0 Å². The fraction of sp³-hybridized carbons (Fsp3) is 0.0909. The van der Waals surface area contributed by atoms with Gasteiger partial charge in [0.2, 0.25) is 0 Å². The van der Waals surface area contributed by atoms with Crippen molar-refractivity contribution in [1.29, 1.82) is 0 Å². The van der Waals surface area contributed by atoms with Gasteiger partial charge in [-0.1, -0.05) is 43.3 Å². The summed E-state index contributed by atoms with van der Waals surface area (Å²) in [4.78, 5) is 0. The Hall–Kier alpha value is -3.02. The molecular formula is C33H28Zr. The van der Waals surface area contributed by atoms with Gasteiger partial charge in [0.05, 0.1) is 0 Å². The van der Waals surface area contributed by atoms with Gasteiger partial charge in [0.15, 0.2) is 0 Å². The van der Waals surface area contributed by atoms with Gasteiger partial charge in [0.1, 0.15) is 0 Å². The molecule has 0 spiro atoms. The standard InChI is InChI=1S/C13H9.C13H10.C7H9.Zr/c1-3-7-12-10(5-1)9-11-6-2-4-8-13(11)12;1-3-7-12(8-4-1)11-13-9-5-2-6-10-13;1-6-4-3-5-7(6)2;/h1-9H;1-10H;4H,5H2,1-2H3;/q-1;;-1;+2. The normalized spacial score (nSPS) is 12.2. The van der Waals surface area contributed by atoms with Crippen molar-refractivity contribution in [2.24, 2.45) is 0 Å². The molecule has 34 heavy (non-hydrogen) atoms. The van der Waals surface area contributed by atoms with Crippen LogP contribution in [0.1, 0.15) is 31.4 Å². The Labute approximate surface area is 218 Å². The first-order chi connectivity index (χ1) is 16.6. The van der Waals surface area contributed by atoms with Crippen molar-refractivity contribution in [1.82, 2.24) is 0 Å². The molecule has 0 bridgehead atoms. The van der Waals surface area contributed by atoms with Crippen LogP contribution in [0, 0.1) is 6.08 Å². The van der Waals surface area contributed by atoms with Gasteiger partial charge in [-0.15, -0.1) is 53.1 Å². The third-order valence-electron chi connectivity index (χ3n) is 6.01. The van der Waals surface area contributed by atoms with Gasteiger partial charge in [0.25, 0.3) is 0 Å². The summed E-state index contributed by atoms with van der Waals surface area (Å²) < 4.78 is 1.42. The van der Waals surface area contributed by atoms with Crippen LogP contribution in [0.3, 0.4) is 0 Å². The summed E-state index contributed by atoms with van der Waals surface area (Å²) in [6.07, 6.45) is 6.22. The zero-order valence-electron chi connectivity index (χ0n) is 19.8. The third kappa shape index (κ3) is 6.10. The van der Waals surface area contributed by atoms with E-state index < -0.39 is 0 Å². The maximum absolute atomic E-state index is 3.12. The molecule has 5 aromatic rings. The average Bonchev–Trinajstić information content (AvgIpc) is 3.47. The van der Waals surface area contributed by atoms with Crippen LogP contribution >= 0.6 is 0 Å². The van der Waals surface area contributed by atoms with Crippen LogP contribution in [0.5, 0.6) is 0 Å². The van der Waals surface area contributed by atoms with E-state index >= 15 is 0 Å². The van der Waals surface area contributed by atoms with Crippen LogP contribution in [-0.2, 0) is 24.2 Å². The van der Waals surface area contributed by atoms with Crippen molar-refractivity contribution in [2.45, 2.75) is 20.3 Å². The van der Waals surface area contributed by atoms with Gasteiger partial charge < -0.3 is 0 Å². The van der Waals surface area contributed by atoms with Gasteiger partial charge in [-0.3, -0.25) is 6.08 Å². The number of benzene rings is 4. The van der Waals surface area contributed by atoms with Gasteiger partial charge in [0, 0.05) is 0 Å². The third-order valence-corrected chi connectivity index (χ3v) is 7.43. The topological polar surface area (TPSA) is 0 Å². The van der Waals surface area contributed by atoms with Crippen molar-refractivity contribution in [3.63, 3.8) is 0 Å². The fourth-order valence-electron chi connectivity index (χ4n) is 3.90. The Morgan fingerprint density at radius 1 is 0.647 bits per heavy atom. The van der Waals surface area contributed by atoms with E-state index in [1.165, 1.54) is 71.3 Å². The molecular weight excluding hydrogens is 488 g/mol. The molecule has 0 aromatic heterocycles. The zero-order valence-corrected chi connectivity index (χ0v) is 22.2. The molecule has 1 heteroatoms. The number of hydrogen-bond donors (Lipinski definition) is 0. The number of allylic oxidation sites excluding steroid dienone is 4. The van der Waals surface area contributed by atoms with E-state index in [9.17, 15) is 0 Å². The molecule has 0 fully saturated rings. The number of hydrogen-bond acceptors (Lipinski definition) is 0. The summed E-state index contributed by atoms with van der Waals surface area (Å²) in [5.41, 5.74) is 5.51. The maximum Gasteiger partial charge on any atom is -0.0771 e. The van der Waals surface area contributed by atoms with Crippen LogP contribution < -0.4 is 0 Å². The van der Waals surface area contributed by atoms with E-state index in [1.807, 2.05) is 0 Å². The van der Waals surface area contributed by atoms with Crippen LogP contribution in [0.4, 0.5) is 0 Å². The first-order valence-electron chi connectivity index (χ1n) is 11.6. The molecule has 0 saturated carbocycles. The molecule has 5 aromatic carbocycles. The molecule has 0 atom stereocenters. The second-order valence-electron chi connectivity index (χ2n) is 8.41. The van der Waals surface area contributed by atoms with Crippen LogP contribution in [0.15, 0.2) is 132 Å². The molecule has 0 N–H and O–H groups in total. The predicted molar refractivity (Wildman–Crippen MR) is 144 cm³/mol. The fourth-order valence-corrected chi connectivity index (χ4v) is 4.72. The minimum Gasteiger partial charge on any atom is -0.126 e. The largest absolute Gasteiger partial charge is 0.126 e. The summed E-state index contributed by atoms with van der Waals surface area (Å²) in [6.45, 7) is 4.27. The SMILES string of the molecule is CC1=C(C)C[C-]=C1.[Zr+2]=[C](c1ccccc1)c1ccccc1.c1ccc2c(c1)[cH-]c1ccccc12. The molecule has 6 rings (SSSR count). The molecule has 0 heterocycles. The Bertz CT molecular complexity index is 1340. The van der Waals surface area contributed by atoms with E-state index in [0.717, 1.165) is 6.42 Å². The molecule has 1 aliphatic rings. The number of fused-ring (bicyclic) bond motifs is 3. The predicted octanol–water partition coefficient (Wildman–Crippen LogP) is 8.60. The first-order valence-corrected chi connectivity index (χ1v) is 12.8. The Morgan fingerprint density at radius 3 is 1.47 bits per heavy atom. The molecule has 0 amide bonds. The van der Waals surface area contributed by atoms with E-state index in [-0.39, 0.29) is 0 Å². The van der Waals surface area contributed by atoms with Crippen LogP contribution in [0.2, 0.25) is 0 Å². The van der Waals surface area contributed by atoms with Gasteiger partial charge >= 0.3 is 99.2 Å². The van der Waals surface area contributed by atoms with Crippen molar-refractivity contribution in [3.8, 4) is 0 Å². The van der Waals surface area contributed by atoms with Gasteiger partial charge in [-0.25, -0.2) is 11.6 Å². The average molecular weight is 516 g/mol. The second-order valence-corrected chi connectivity index (χ2v) is 9.64. The molecule has 0 nitrogen and oxygen atoms in total. The van der Waals surface area contributed by atoms with E-state index in [1.54, 1.807) is 0 Å². The molecule has 164 valence electrons. The Morgan fingerprint density at radius 2 is 1.09 bits per heavy atom. The minimum absolute atomic E-state index is 1.05.